The molecule has 1 aromatic carbocycles. The van der Waals surface area contributed by atoms with Crippen LogP contribution < -0.4 is 5.32 Å². The molecule has 2 atom stereocenters. The number of aliphatic carboxylic acids is 1. The van der Waals surface area contributed by atoms with Gasteiger partial charge in [-0.15, -0.1) is 0 Å². The van der Waals surface area contributed by atoms with Crippen LogP contribution in [0.3, 0.4) is 0 Å². The molecule has 1 aliphatic rings. The van der Waals surface area contributed by atoms with Gasteiger partial charge in [0, 0.05) is 25.8 Å². The van der Waals surface area contributed by atoms with Crippen LogP contribution in [0.1, 0.15) is 6.42 Å². The molecule has 7 heteroatoms. The van der Waals surface area contributed by atoms with Crippen LogP contribution in [0.25, 0.3) is 0 Å². The van der Waals surface area contributed by atoms with E-state index >= 15 is 0 Å². The first-order chi connectivity index (χ1) is 9.80. The van der Waals surface area contributed by atoms with E-state index in [0.717, 1.165) is 9.99 Å². The SMILES string of the molecule is CN(C)S(=O)(=O)c1ccc(NC2C=CC(C(=O)O)C2)cc1. The highest BCUT2D eigenvalue weighted by atomic mass is 32.2. The number of benzene rings is 1. The monoisotopic (exact) mass is 310 g/mol. The predicted octanol–water partition coefficient (Wildman–Crippen LogP) is 1.38. The van der Waals surface area contributed by atoms with E-state index in [1.54, 1.807) is 18.2 Å². The van der Waals surface area contributed by atoms with Crippen LogP contribution in [0.5, 0.6) is 0 Å². The molecule has 0 fully saturated rings. The van der Waals surface area contributed by atoms with Gasteiger partial charge in [-0.3, -0.25) is 4.79 Å². The summed E-state index contributed by atoms with van der Waals surface area (Å²) in [6.45, 7) is 0. The molecule has 0 radical (unpaired) electrons. The first kappa shape index (κ1) is 15.5. The summed E-state index contributed by atoms with van der Waals surface area (Å²) < 4.78 is 25.0. The van der Waals surface area contributed by atoms with Gasteiger partial charge in [0.1, 0.15) is 0 Å². The lowest BCUT2D eigenvalue weighted by molar-refractivity contribution is -0.140. The third-order valence-corrected chi connectivity index (χ3v) is 5.22. The first-order valence-electron chi connectivity index (χ1n) is 6.51. The fourth-order valence-electron chi connectivity index (χ4n) is 2.14. The highest BCUT2D eigenvalue weighted by Gasteiger charge is 2.24. The summed E-state index contributed by atoms with van der Waals surface area (Å²) in [6, 6.07) is 6.37. The van der Waals surface area contributed by atoms with E-state index in [-0.39, 0.29) is 10.9 Å². The number of carboxylic acids is 1. The van der Waals surface area contributed by atoms with Crippen molar-refractivity contribution < 1.29 is 18.3 Å². The first-order valence-corrected chi connectivity index (χ1v) is 7.95. The standard InChI is InChI=1S/C14H18N2O4S/c1-16(2)21(19,20)13-7-5-11(6-8-13)15-12-4-3-10(9-12)14(17)18/h3-8,10,12,15H,9H2,1-2H3,(H,17,18). The Bertz CT molecular complexity index is 650. The summed E-state index contributed by atoms with van der Waals surface area (Å²) in [5, 5.41) is 12.1. The average molecular weight is 310 g/mol. The van der Waals surface area contributed by atoms with Crippen molar-refractivity contribution in [1.82, 2.24) is 4.31 Å². The molecule has 21 heavy (non-hydrogen) atoms. The number of sulfonamides is 1. The molecule has 0 saturated heterocycles. The van der Waals surface area contributed by atoms with Gasteiger partial charge in [-0.2, -0.15) is 0 Å². The van der Waals surface area contributed by atoms with Crippen LogP contribution in [0.4, 0.5) is 5.69 Å². The van der Waals surface area contributed by atoms with Crippen molar-refractivity contribution in [1.29, 1.82) is 0 Å². The van der Waals surface area contributed by atoms with E-state index in [1.807, 2.05) is 6.08 Å². The molecule has 2 N–H and O–H groups in total. The molecule has 0 bridgehead atoms. The van der Waals surface area contributed by atoms with E-state index < -0.39 is 21.9 Å². The van der Waals surface area contributed by atoms with Crippen molar-refractivity contribution >= 4 is 21.7 Å². The van der Waals surface area contributed by atoms with Crippen molar-refractivity contribution in [2.45, 2.75) is 17.4 Å². The number of rotatable bonds is 5. The largest absolute Gasteiger partial charge is 0.481 e. The minimum Gasteiger partial charge on any atom is -0.481 e. The summed E-state index contributed by atoms with van der Waals surface area (Å²) in [5.74, 6) is -1.29. The van der Waals surface area contributed by atoms with E-state index in [2.05, 4.69) is 5.32 Å². The zero-order valence-electron chi connectivity index (χ0n) is 11.9. The van der Waals surface area contributed by atoms with Crippen molar-refractivity contribution in [2.24, 2.45) is 5.92 Å². The number of carbonyl (C=O) groups is 1. The van der Waals surface area contributed by atoms with Gasteiger partial charge in [0.2, 0.25) is 10.0 Å². The molecule has 1 aliphatic carbocycles. The van der Waals surface area contributed by atoms with Gasteiger partial charge in [-0.25, -0.2) is 12.7 Å². The number of hydrogen-bond acceptors (Lipinski definition) is 4. The lowest BCUT2D eigenvalue weighted by Gasteiger charge is -2.15. The molecule has 1 aromatic rings. The number of hydrogen-bond donors (Lipinski definition) is 2. The minimum absolute atomic E-state index is 0.0533. The second-order valence-corrected chi connectivity index (χ2v) is 7.28. The van der Waals surface area contributed by atoms with E-state index in [0.29, 0.717) is 6.42 Å². The van der Waals surface area contributed by atoms with Gasteiger partial charge in [-0.05, 0) is 30.7 Å². The van der Waals surface area contributed by atoms with Crippen molar-refractivity contribution in [3.05, 3.63) is 36.4 Å². The van der Waals surface area contributed by atoms with Gasteiger partial charge in [0.25, 0.3) is 0 Å². The van der Waals surface area contributed by atoms with Crippen LogP contribution in [-0.2, 0) is 14.8 Å². The molecule has 0 heterocycles. The van der Waals surface area contributed by atoms with Crippen LogP contribution in [-0.4, -0.2) is 43.9 Å². The van der Waals surface area contributed by atoms with Crippen LogP contribution >= 0.6 is 0 Å². The maximum atomic E-state index is 11.9. The Morgan fingerprint density at radius 1 is 1.24 bits per heavy atom. The summed E-state index contributed by atoms with van der Waals surface area (Å²) in [5.41, 5.74) is 0.758. The van der Waals surface area contributed by atoms with E-state index in [9.17, 15) is 13.2 Å². The Balaban J connectivity index is 2.05. The van der Waals surface area contributed by atoms with Gasteiger partial charge in [-0.1, -0.05) is 12.2 Å². The van der Waals surface area contributed by atoms with E-state index in [4.69, 9.17) is 5.11 Å². The number of nitrogens with one attached hydrogen (secondary N) is 1. The predicted molar refractivity (Wildman–Crippen MR) is 79.6 cm³/mol. The van der Waals surface area contributed by atoms with Crippen LogP contribution in [0, 0.1) is 5.92 Å². The van der Waals surface area contributed by atoms with Crippen LogP contribution in [0.2, 0.25) is 0 Å². The molecule has 114 valence electrons. The minimum atomic E-state index is -3.43. The maximum absolute atomic E-state index is 11.9. The molecule has 2 rings (SSSR count). The molecule has 0 saturated carbocycles. The summed E-state index contributed by atoms with van der Waals surface area (Å²) >= 11 is 0. The normalized spacial score (nSPS) is 21.7. The molecule has 0 aromatic heterocycles. The average Bonchev–Trinajstić information content (AvgIpc) is 2.88. The van der Waals surface area contributed by atoms with Gasteiger partial charge in [0.15, 0.2) is 0 Å². The second kappa shape index (κ2) is 5.87. The number of anilines is 1. The van der Waals surface area contributed by atoms with Gasteiger partial charge >= 0.3 is 5.97 Å². The Morgan fingerprint density at radius 3 is 2.33 bits per heavy atom. The Kier molecular flexibility index (Phi) is 4.34. The van der Waals surface area contributed by atoms with E-state index in [1.165, 1.54) is 26.2 Å². The van der Waals surface area contributed by atoms with Gasteiger partial charge in [0.05, 0.1) is 10.8 Å². The number of carboxylic acid groups (broad SMARTS) is 1. The summed E-state index contributed by atoms with van der Waals surface area (Å²) in [4.78, 5) is 11.1. The molecular weight excluding hydrogens is 292 g/mol. The third-order valence-electron chi connectivity index (χ3n) is 3.39. The fraction of sp³-hybridized carbons (Fsp3) is 0.357. The smallest absolute Gasteiger partial charge is 0.310 e. The fourth-order valence-corrected chi connectivity index (χ4v) is 3.04. The Labute approximate surface area is 124 Å². The van der Waals surface area contributed by atoms with Gasteiger partial charge < -0.3 is 10.4 Å². The third kappa shape index (κ3) is 3.43. The van der Waals surface area contributed by atoms with Crippen molar-refractivity contribution in [3.8, 4) is 0 Å². The molecule has 0 aliphatic heterocycles. The lowest BCUT2D eigenvalue weighted by Crippen LogP contribution is -2.22. The zero-order chi connectivity index (χ0) is 15.6. The molecule has 6 nitrogen and oxygen atoms in total. The maximum Gasteiger partial charge on any atom is 0.310 e. The molecule has 0 spiro atoms. The lowest BCUT2D eigenvalue weighted by atomic mass is 10.1. The highest BCUT2D eigenvalue weighted by molar-refractivity contribution is 7.89. The molecule has 2 unspecified atom stereocenters. The summed E-state index contributed by atoms with van der Waals surface area (Å²) in [6.07, 6.45) is 3.99. The number of nitrogens with zero attached hydrogens (tertiary/aromatic N) is 1. The molecule has 0 amide bonds. The summed E-state index contributed by atoms with van der Waals surface area (Å²) in [7, 11) is -0.461. The Hall–Kier alpha value is -1.86. The van der Waals surface area contributed by atoms with Crippen molar-refractivity contribution in [3.63, 3.8) is 0 Å². The molecular formula is C14H18N2O4S. The zero-order valence-corrected chi connectivity index (χ0v) is 12.7. The topological polar surface area (TPSA) is 86.7 Å². The second-order valence-electron chi connectivity index (χ2n) is 5.13. The van der Waals surface area contributed by atoms with Crippen LogP contribution in [0.15, 0.2) is 41.3 Å². The Morgan fingerprint density at radius 2 is 1.86 bits per heavy atom. The quantitative estimate of drug-likeness (QED) is 0.802. The van der Waals surface area contributed by atoms with Crippen molar-refractivity contribution in [2.75, 3.05) is 19.4 Å². The highest BCUT2D eigenvalue weighted by Crippen LogP contribution is 2.23.